The summed E-state index contributed by atoms with van der Waals surface area (Å²) in [5, 5.41) is 11.9. The summed E-state index contributed by atoms with van der Waals surface area (Å²) in [5.41, 5.74) is 0.382. The standard InChI is InChI=1S/C13H16FNO2/c1-13(2)6-8(13)7-15-11-9(12(16)17)4-3-5-10(11)14/h3-5,8,15H,6-7H2,1-2H3,(H,16,17). The maximum Gasteiger partial charge on any atom is 0.337 e. The van der Waals surface area contributed by atoms with Crippen molar-refractivity contribution in [1.29, 1.82) is 0 Å². The van der Waals surface area contributed by atoms with Crippen LogP contribution in [0.25, 0.3) is 0 Å². The molecule has 1 saturated carbocycles. The third-order valence-electron chi connectivity index (χ3n) is 3.49. The van der Waals surface area contributed by atoms with E-state index in [0.717, 1.165) is 6.42 Å². The molecule has 1 aliphatic rings. The second-order valence-corrected chi connectivity index (χ2v) is 5.24. The molecule has 4 heteroatoms. The largest absolute Gasteiger partial charge is 0.478 e. The van der Waals surface area contributed by atoms with Crippen LogP contribution in [-0.2, 0) is 0 Å². The Kier molecular flexibility index (Phi) is 2.81. The number of carboxylic acid groups (broad SMARTS) is 1. The van der Waals surface area contributed by atoms with Crippen LogP contribution >= 0.6 is 0 Å². The molecule has 1 atom stereocenters. The number of halogens is 1. The highest BCUT2D eigenvalue weighted by atomic mass is 19.1. The minimum atomic E-state index is -1.11. The van der Waals surface area contributed by atoms with E-state index in [-0.39, 0.29) is 11.3 Å². The van der Waals surface area contributed by atoms with E-state index in [4.69, 9.17) is 5.11 Å². The molecule has 17 heavy (non-hydrogen) atoms. The molecule has 0 bridgehead atoms. The van der Waals surface area contributed by atoms with Crippen molar-refractivity contribution in [2.24, 2.45) is 11.3 Å². The molecule has 1 aliphatic carbocycles. The first-order chi connectivity index (χ1) is 7.92. The summed E-state index contributed by atoms with van der Waals surface area (Å²) in [6.45, 7) is 4.92. The van der Waals surface area contributed by atoms with E-state index in [1.807, 2.05) is 0 Å². The smallest absolute Gasteiger partial charge is 0.337 e. The number of anilines is 1. The minimum absolute atomic E-state index is 0.0107. The van der Waals surface area contributed by atoms with Crippen molar-refractivity contribution in [3.05, 3.63) is 29.6 Å². The van der Waals surface area contributed by atoms with Crippen molar-refractivity contribution in [1.82, 2.24) is 0 Å². The number of hydrogen-bond acceptors (Lipinski definition) is 2. The molecule has 0 spiro atoms. The van der Waals surface area contributed by atoms with E-state index < -0.39 is 11.8 Å². The van der Waals surface area contributed by atoms with Gasteiger partial charge in [0.25, 0.3) is 0 Å². The molecule has 1 aromatic rings. The lowest BCUT2D eigenvalue weighted by molar-refractivity contribution is 0.0697. The van der Waals surface area contributed by atoms with Gasteiger partial charge in [-0.05, 0) is 29.9 Å². The second kappa shape index (κ2) is 4.02. The molecule has 1 fully saturated rings. The number of carbonyl (C=O) groups is 1. The number of nitrogens with one attached hydrogen (secondary N) is 1. The average molecular weight is 237 g/mol. The van der Waals surface area contributed by atoms with E-state index in [1.54, 1.807) is 0 Å². The molecule has 2 N–H and O–H groups in total. The van der Waals surface area contributed by atoms with Crippen LogP contribution in [0.2, 0.25) is 0 Å². The summed E-state index contributed by atoms with van der Waals surface area (Å²) < 4.78 is 13.5. The summed E-state index contributed by atoms with van der Waals surface area (Å²) in [4.78, 5) is 11.0. The number of hydrogen-bond donors (Lipinski definition) is 2. The Morgan fingerprint density at radius 2 is 2.24 bits per heavy atom. The first-order valence-corrected chi connectivity index (χ1v) is 5.67. The molecular formula is C13H16FNO2. The van der Waals surface area contributed by atoms with Crippen LogP contribution in [0, 0.1) is 17.2 Å². The maximum absolute atomic E-state index is 13.5. The molecule has 0 aliphatic heterocycles. The van der Waals surface area contributed by atoms with Crippen molar-refractivity contribution < 1.29 is 14.3 Å². The molecule has 0 amide bonds. The Morgan fingerprint density at radius 3 is 2.76 bits per heavy atom. The van der Waals surface area contributed by atoms with Crippen molar-refractivity contribution >= 4 is 11.7 Å². The van der Waals surface area contributed by atoms with Gasteiger partial charge in [0, 0.05) is 6.54 Å². The van der Waals surface area contributed by atoms with Crippen molar-refractivity contribution in [2.75, 3.05) is 11.9 Å². The van der Waals surface area contributed by atoms with Crippen LogP contribution in [0.4, 0.5) is 10.1 Å². The van der Waals surface area contributed by atoms with E-state index in [9.17, 15) is 9.18 Å². The summed E-state index contributed by atoms with van der Waals surface area (Å²) in [7, 11) is 0. The van der Waals surface area contributed by atoms with Gasteiger partial charge < -0.3 is 10.4 Å². The summed E-state index contributed by atoms with van der Waals surface area (Å²) >= 11 is 0. The summed E-state index contributed by atoms with van der Waals surface area (Å²) in [5.74, 6) is -1.13. The van der Waals surface area contributed by atoms with E-state index in [1.165, 1.54) is 18.2 Å². The highest BCUT2D eigenvalue weighted by molar-refractivity contribution is 5.94. The normalized spacial score (nSPS) is 21.0. The lowest BCUT2D eigenvalue weighted by Gasteiger charge is -2.11. The second-order valence-electron chi connectivity index (χ2n) is 5.24. The van der Waals surface area contributed by atoms with Gasteiger partial charge in [0.2, 0.25) is 0 Å². The highest BCUT2D eigenvalue weighted by Gasteiger charge is 2.45. The summed E-state index contributed by atoms with van der Waals surface area (Å²) in [6, 6.07) is 4.09. The van der Waals surface area contributed by atoms with Gasteiger partial charge in [-0.25, -0.2) is 9.18 Å². The zero-order chi connectivity index (χ0) is 12.6. The Balaban J connectivity index is 2.12. The third kappa shape index (κ3) is 2.40. The van der Waals surface area contributed by atoms with Crippen molar-refractivity contribution in [2.45, 2.75) is 20.3 Å². The number of rotatable bonds is 4. The van der Waals surface area contributed by atoms with Crippen LogP contribution in [0.5, 0.6) is 0 Å². The fraction of sp³-hybridized carbons (Fsp3) is 0.462. The molecule has 1 unspecified atom stereocenters. The van der Waals surface area contributed by atoms with Gasteiger partial charge in [0.15, 0.2) is 0 Å². The van der Waals surface area contributed by atoms with Gasteiger partial charge in [0.1, 0.15) is 5.82 Å². The number of aromatic carboxylic acids is 1. The Bertz CT molecular complexity index is 457. The van der Waals surface area contributed by atoms with E-state index in [2.05, 4.69) is 19.2 Å². The van der Waals surface area contributed by atoms with Gasteiger partial charge in [-0.3, -0.25) is 0 Å². The van der Waals surface area contributed by atoms with Gasteiger partial charge in [-0.15, -0.1) is 0 Å². The van der Waals surface area contributed by atoms with Crippen LogP contribution in [-0.4, -0.2) is 17.6 Å². The molecule has 1 aromatic carbocycles. The van der Waals surface area contributed by atoms with Crippen molar-refractivity contribution in [3.63, 3.8) is 0 Å². The van der Waals surface area contributed by atoms with Crippen molar-refractivity contribution in [3.8, 4) is 0 Å². The molecule has 0 saturated heterocycles. The van der Waals surface area contributed by atoms with Gasteiger partial charge in [0.05, 0.1) is 11.3 Å². The van der Waals surface area contributed by atoms with Gasteiger partial charge in [-0.2, -0.15) is 0 Å². The first-order valence-electron chi connectivity index (χ1n) is 5.67. The molecule has 0 radical (unpaired) electrons. The fourth-order valence-corrected chi connectivity index (χ4v) is 2.03. The Morgan fingerprint density at radius 1 is 1.59 bits per heavy atom. The zero-order valence-corrected chi connectivity index (χ0v) is 9.96. The molecule has 0 aromatic heterocycles. The first kappa shape index (κ1) is 11.9. The Labute approximate surface area is 99.7 Å². The lowest BCUT2D eigenvalue weighted by atomic mass is 10.1. The SMILES string of the molecule is CC1(C)CC1CNc1c(F)cccc1C(=O)O. The lowest BCUT2D eigenvalue weighted by Crippen LogP contribution is -2.12. The third-order valence-corrected chi connectivity index (χ3v) is 3.49. The molecule has 2 rings (SSSR count). The van der Waals surface area contributed by atoms with Crippen LogP contribution < -0.4 is 5.32 Å². The minimum Gasteiger partial charge on any atom is -0.478 e. The highest BCUT2D eigenvalue weighted by Crippen LogP contribution is 2.51. The average Bonchev–Trinajstić information content (AvgIpc) is 2.84. The fourth-order valence-electron chi connectivity index (χ4n) is 2.03. The topological polar surface area (TPSA) is 49.3 Å². The molecule has 0 heterocycles. The number of carboxylic acids is 1. The molecular weight excluding hydrogens is 221 g/mol. The number of para-hydroxylation sites is 1. The number of benzene rings is 1. The molecule has 92 valence electrons. The molecule has 3 nitrogen and oxygen atoms in total. The van der Waals surface area contributed by atoms with Crippen LogP contribution in [0.15, 0.2) is 18.2 Å². The predicted molar refractivity (Wildman–Crippen MR) is 63.7 cm³/mol. The maximum atomic E-state index is 13.5. The van der Waals surface area contributed by atoms with Gasteiger partial charge >= 0.3 is 5.97 Å². The monoisotopic (exact) mass is 237 g/mol. The van der Waals surface area contributed by atoms with E-state index >= 15 is 0 Å². The van der Waals surface area contributed by atoms with Gasteiger partial charge in [-0.1, -0.05) is 19.9 Å². The van der Waals surface area contributed by atoms with Crippen LogP contribution in [0.3, 0.4) is 0 Å². The zero-order valence-electron chi connectivity index (χ0n) is 9.96. The van der Waals surface area contributed by atoms with Crippen LogP contribution in [0.1, 0.15) is 30.6 Å². The quantitative estimate of drug-likeness (QED) is 0.846. The predicted octanol–water partition coefficient (Wildman–Crippen LogP) is 2.98. The summed E-state index contributed by atoms with van der Waals surface area (Å²) in [6.07, 6.45) is 1.09. The van der Waals surface area contributed by atoms with E-state index in [0.29, 0.717) is 17.9 Å². The Hall–Kier alpha value is -1.58.